The number of rotatable bonds is 0. The predicted molar refractivity (Wildman–Crippen MR) is 71.3 cm³/mol. The third kappa shape index (κ3) is 1.12. The zero-order chi connectivity index (χ0) is 12.1. The second-order valence-electron chi connectivity index (χ2n) is 4.35. The fourth-order valence-electron chi connectivity index (χ4n) is 2.44. The molecule has 18 heavy (non-hydrogen) atoms. The second kappa shape index (κ2) is 3.26. The van der Waals surface area contributed by atoms with Gasteiger partial charge in [0.1, 0.15) is 0 Å². The van der Waals surface area contributed by atoms with Crippen molar-refractivity contribution in [3.05, 3.63) is 42.9 Å². The van der Waals surface area contributed by atoms with E-state index < -0.39 is 0 Å². The Hall–Kier alpha value is -2.49. The average Bonchev–Trinajstić information content (AvgIpc) is 2.71. The van der Waals surface area contributed by atoms with Crippen LogP contribution >= 0.6 is 0 Å². The molecule has 0 saturated carbocycles. The fraction of sp³-hybridized carbons (Fsp3) is 0.0714. The smallest absolute Gasteiger partial charge is 0.0984 e. The minimum Gasteiger partial charge on any atom is -0.342 e. The molecule has 0 unspecified atom stereocenters. The molecule has 4 nitrogen and oxygen atoms in total. The lowest BCUT2D eigenvalue weighted by Gasteiger charge is -1.99. The molecule has 4 aromatic heterocycles. The molecule has 4 rings (SSSR count). The highest BCUT2D eigenvalue weighted by Crippen LogP contribution is 2.27. The summed E-state index contributed by atoms with van der Waals surface area (Å²) in [6, 6.07) is 7.98. The number of aryl methyl sites for hydroxylation is 1. The standard InChI is InChI=1S/C14H10N4/c1-18-12-4-6-15-8-9(12)14-13(18)7-11-10(17-14)3-2-5-16-11/h2-8H,1H3. The lowest BCUT2D eigenvalue weighted by Crippen LogP contribution is -1.88. The third-order valence-corrected chi connectivity index (χ3v) is 3.34. The Morgan fingerprint density at radius 1 is 1.06 bits per heavy atom. The first-order valence-electron chi connectivity index (χ1n) is 5.78. The molecule has 0 amide bonds. The van der Waals surface area contributed by atoms with Gasteiger partial charge in [-0.15, -0.1) is 0 Å². The normalized spacial score (nSPS) is 11.6. The summed E-state index contributed by atoms with van der Waals surface area (Å²) in [5.41, 5.74) is 5.05. The molecule has 0 atom stereocenters. The molecular formula is C14H10N4. The molecule has 0 spiro atoms. The molecular weight excluding hydrogens is 224 g/mol. The van der Waals surface area contributed by atoms with Gasteiger partial charge >= 0.3 is 0 Å². The Morgan fingerprint density at radius 3 is 2.94 bits per heavy atom. The molecule has 0 aliphatic carbocycles. The van der Waals surface area contributed by atoms with Gasteiger partial charge in [-0.05, 0) is 24.3 Å². The fourth-order valence-corrected chi connectivity index (χ4v) is 2.44. The van der Waals surface area contributed by atoms with E-state index in [4.69, 9.17) is 4.98 Å². The van der Waals surface area contributed by atoms with Gasteiger partial charge in [0.2, 0.25) is 0 Å². The highest BCUT2D eigenvalue weighted by Gasteiger charge is 2.10. The van der Waals surface area contributed by atoms with Crippen LogP contribution in [0, 0.1) is 0 Å². The van der Waals surface area contributed by atoms with Crippen LogP contribution in [0.5, 0.6) is 0 Å². The van der Waals surface area contributed by atoms with E-state index in [-0.39, 0.29) is 0 Å². The molecule has 4 heterocycles. The molecule has 0 bridgehead atoms. The second-order valence-corrected chi connectivity index (χ2v) is 4.35. The molecule has 4 heteroatoms. The summed E-state index contributed by atoms with van der Waals surface area (Å²) in [6.45, 7) is 0. The summed E-state index contributed by atoms with van der Waals surface area (Å²) in [7, 11) is 2.04. The van der Waals surface area contributed by atoms with Gasteiger partial charge in [0, 0.05) is 31.0 Å². The van der Waals surface area contributed by atoms with Crippen molar-refractivity contribution in [1.82, 2.24) is 19.5 Å². The molecule has 0 radical (unpaired) electrons. The van der Waals surface area contributed by atoms with Crippen LogP contribution in [-0.2, 0) is 7.05 Å². The lowest BCUT2D eigenvalue weighted by atomic mass is 10.2. The molecule has 0 aliphatic rings. The highest BCUT2D eigenvalue weighted by molar-refractivity contribution is 6.07. The van der Waals surface area contributed by atoms with Crippen molar-refractivity contribution in [1.29, 1.82) is 0 Å². The van der Waals surface area contributed by atoms with Crippen LogP contribution in [-0.4, -0.2) is 19.5 Å². The van der Waals surface area contributed by atoms with Gasteiger partial charge < -0.3 is 4.57 Å². The van der Waals surface area contributed by atoms with E-state index >= 15 is 0 Å². The maximum Gasteiger partial charge on any atom is 0.0984 e. The maximum absolute atomic E-state index is 4.70. The number of hydrogen-bond donors (Lipinski definition) is 0. The molecule has 0 aromatic carbocycles. The zero-order valence-corrected chi connectivity index (χ0v) is 9.83. The van der Waals surface area contributed by atoms with Crippen molar-refractivity contribution >= 4 is 33.0 Å². The topological polar surface area (TPSA) is 43.6 Å². The van der Waals surface area contributed by atoms with Crippen LogP contribution in [0.3, 0.4) is 0 Å². The van der Waals surface area contributed by atoms with Gasteiger partial charge in [0.25, 0.3) is 0 Å². The van der Waals surface area contributed by atoms with Crippen molar-refractivity contribution in [2.75, 3.05) is 0 Å². The van der Waals surface area contributed by atoms with Gasteiger partial charge in [0.15, 0.2) is 0 Å². The van der Waals surface area contributed by atoms with Gasteiger partial charge in [-0.25, -0.2) is 4.98 Å². The zero-order valence-electron chi connectivity index (χ0n) is 9.83. The molecule has 86 valence electrons. The number of hydrogen-bond acceptors (Lipinski definition) is 3. The van der Waals surface area contributed by atoms with E-state index in [1.165, 1.54) is 0 Å². The quantitative estimate of drug-likeness (QED) is 0.470. The summed E-state index contributed by atoms with van der Waals surface area (Å²) in [4.78, 5) is 13.2. The summed E-state index contributed by atoms with van der Waals surface area (Å²) in [6.07, 6.45) is 5.46. The Labute approximate surface area is 103 Å². The number of fused-ring (bicyclic) bond motifs is 4. The Kier molecular flexibility index (Phi) is 1.73. The average molecular weight is 234 g/mol. The Morgan fingerprint density at radius 2 is 2.00 bits per heavy atom. The molecule has 0 saturated heterocycles. The van der Waals surface area contributed by atoms with Crippen LogP contribution < -0.4 is 0 Å². The first-order valence-corrected chi connectivity index (χ1v) is 5.78. The van der Waals surface area contributed by atoms with Crippen molar-refractivity contribution in [2.24, 2.45) is 7.05 Å². The van der Waals surface area contributed by atoms with E-state index in [0.29, 0.717) is 0 Å². The SMILES string of the molecule is Cn1c2ccncc2c2nc3cccnc3cc21. The predicted octanol–water partition coefficient (Wildman–Crippen LogP) is 2.67. The van der Waals surface area contributed by atoms with Gasteiger partial charge in [-0.2, -0.15) is 0 Å². The summed E-state index contributed by atoms with van der Waals surface area (Å²) in [5.74, 6) is 0. The van der Waals surface area contributed by atoms with Crippen molar-refractivity contribution < 1.29 is 0 Å². The minimum absolute atomic E-state index is 0.918. The van der Waals surface area contributed by atoms with Gasteiger partial charge in [-0.3, -0.25) is 9.97 Å². The minimum atomic E-state index is 0.918. The monoisotopic (exact) mass is 234 g/mol. The lowest BCUT2D eigenvalue weighted by molar-refractivity contribution is 1.01. The van der Waals surface area contributed by atoms with E-state index in [2.05, 4.69) is 20.6 Å². The van der Waals surface area contributed by atoms with Gasteiger partial charge in [-0.1, -0.05) is 0 Å². The highest BCUT2D eigenvalue weighted by atomic mass is 15.0. The summed E-state index contributed by atoms with van der Waals surface area (Å²) >= 11 is 0. The van der Waals surface area contributed by atoms with Crippen LogP contribution in [0.15, 0.2) is 42.9 Å². The van der Waals surface area contributed by atoms with Crippen LogP contribution in [0.25, 0.3) is 33.0 Å². The Bertz CT molecular complexity index is 892. The van der Waals surface area contributed by atoms with E-state index in [1.807, 2.05) is 31.4 Å². The first kappa shape index (κ1) is 9.53. The molecule has 4 aromatic rings. The van der Waals surface area contributed by atoms with E-state index in [9.17, 15) is 0 Å². The molecule has 0 fully saturated rings. The third-order valence-electron chi connectivity index (χ3n) is 3.34. The number of aromatic nitrogens is 4. The molecule has 0 N–H and O–H groups in total. The first-order chi connectivity index (χ1) is 8.84. The Balaban J connectivity index is 2.32. The maximum atomic E-state index is 4.70. The number of pyridine rings is 3. The number of nitrogens with zero attached hydrogens (tertiary/aromatic N) is 4. The van der Waals surface area contributed by atoms with Crippen molar-refractivity contribution in [2.45, 2.75) is 0 Å². The van der Waals surface area contributed by atoms with Crippen molar-refractivity contribution in [3.63, 3.8) is 0 Å². The van der Waals surface area contributed by atoms with Crippen LogP contribution in [0.2, 0.25) is 0 Å². The van der Waals surface area contributed by atoms with Crippen molar-refractivity contribution in [3.8, 4) is 0 Å². The largest absolute Gasteiger partial charge is 0.342 e. The molecule has 0 aliphatic heterocycles. The summed E-state index contributed by atoms with van der Waals surface area (Å²) < 4.78 is 2.13. The van der Waals surface area contributed by atoms with Crippen LogP contribution in [0.4, 0.5) is 0 Å². The van der Waals surface area contributed by atoms with Crippen LogP contribution in [0.1, 0.15) is 0 Å². The van der Waals surface area contributed by atoms with E-state index in [1.54, 1.807) is 12.4 Å². The van der Waals surface area contributed by atoms with Gasteiger partial charge in [0.05, 0.1) is 27.6 Å². The summed E-state index contributed by atoms with van der Waals surface area (Å²) in [5, 5.41) is 1.08. The van der Waals surface area contributed by atoms with E-state index in [0.717, 1.165) is 33.0 Å².